The van der Waals surface area contributed by atoms with E-state index >= 15 is 0 Å². The molecule has 2 N–H and O–H groups in total. The largest absolute Gasteiger partial charge is 0.389 e. The molecule has 1 fully saturated rings. The van der Waals surface area contributed by atoms with Crippen molar-refractivity contribution in [2.75, 3.05) is 20.3 Å². The van der Waals surface area contributed by atoms with Crippen molar-refractivity contribution in [3.63, 3.8) is 0 Å². The third-order valence-corrected chi connectivity index (χ3v) is 3.34. The lowest BCUT2D eigenvalue weighted by atomic mass is 9.71. The van der Waals surface area contributed by atoms with Crippen molar-refractivity contribution >= 4 is 0 Å². The summed E-state index contributed by atoms with van der Waals surface area (Å²) in [5.41, 5.74) is 0. The molecular weight excluding hydrogens is 178 g/mol. The van der Waals surface area contributed by atoms with E-state index in [1.54, 1.807) is 7.11 Å². The first-order chi connectivity index (χ1) is 6.81. The summed E-state index contributed by atoms with van der Waals surface area (Å²) < 4.78 is 4.87. The van der Waals surface area contributed by atoms with Gasteiger partial charge in [-0.2, -0.15) is 0 Å². The Bertz CT molecular complexity index is 217. The zero-order valence-corrected chi connectivity index (χ0v) is 8.65. The average molecular weight is 197 g/mol. The van der Waals surface area contributed by atoms with E-state index in [1.165, 1.54) is 12.8 Å². The number of hydrogen-bond donors (Lipinski definition) is 2. The van der Waals surface area contributed by atoms with Gasteiger partial charge in [0.2, 0.25) is 0 Å². The van der Waals surface area contributed by atoms with Crippen LogP contribution >= 0.6 is 0 Å². The van der Waals surface area contributed by atoms with Gasteiger partial charge in [0.25, 0.3) is 0 Å². The van der Waals surface area contributed by atoms with Gasteiger partial charge < -0.3 is 15.2 Å². The third-order valence-electron chi connectivity index (χ3n) is 3.34. The van der Waals surface area contributed by atoms with Gasteiger partial charge in [-0.05, 0) is 24.7 Å². The predicted molar refractivity (Wildman–Crippen MR) is 55.0 cm³/mol. The minimum atomic E-state index is -0.371. The van der Waals surface area contributed by atoms with E-state index in [4.69, 9.17) is 4.74 Å². The Labute approximate surface area is 85.1 Å². The van der Waals surface area contributed by atoms with Crippen molar-refractivity contribution in [1.82, 2.24) is 5.32 Å². The molecule has 4 unspecified atom stereocenters. The fourth-order valence-corrected chi connectivity index (χ4v) is 2.49. The van der Waals surface area contributed by atoms with Crippen LogP contribution < -0.4 is 5.32 Å². The summed E-state index contributed by atoms with van der Waals surface area (Å²) in [6.07, 6.45) is 6.74. The maximum atomic E-state index is 9.45. The number of rotatable bonds is 5. The van der Waals surface area contributed by atoms with E-state index in [0.717, 1.165) is 11.8 Å². The van der Waals surface area contributed by atoms with Gasteiger partial charge in [0.1, 0.15) is 0 Å². The van der Waals surface area contributed by atoms with Gasteiger partial charge in [-0.1, -0.05) is 12.2 Å². The van der Waals surface area contributed by atoms with Gasteiger partial charge in [-0.3, -0.25) is 0 Å². The number of aliphatic hydroxyl groups is 1. The monoisotopic (exact) mass is 197 g/mol. The van der Waals surface area contributed by atoms with Crippen LogP contribution in [0.1, 0.15) is 12.8 Å². The van der Waals surface area contributed by atoms with Crippen molar-refractivity contribution in [2.45, 2.75) is 25.0 Å². The minimum Gasteiger partial charge on any atom is -0.389 e. The van der Waals surface area contributed by atoms with E-state index in [-0.39, 0.29) is 6.10 Å². The summed E-state index contributed by atoms with van der Waals surface area (Å²) >= 11 is 0. The molecule has 14 heavy (non-hydrogen) atoms. The van der Waals surface area contributed by atoms with Crippen LogP contribution in [0, 0.1) is 11.8 Å². The molecule has 0 aromatic rings. The highest BCUT2D eigenvalue weighted by atomic mass is 16.5. The van der Waals surface area contributed by atoms with Crippen molar-refractivity contribution in [3.8, 4) is 0 Å². The Balaban J connectivity index is 1.65. The van der Waals surface area contributed by atoms with Crippen LogP contribution in [0.25, 0.3) is 0 Å². The van der Waals surface area contributed by atoms with Gasteiger partial charge >= 0.3 is 0 Å². The Morgan fingerprint density at radius 2 is 2.50 bits per heavy atom. The first kappa shape index (κ1) is 10.1. The zero-order chi connectivity index (χ0) is 9.97. The lowest BCUT2D eigenvalue weighted by Gasteiger charge is -2.41. The summed E-state index contributed by atoms with van der Waals surface area (Å²) in [5, 5.41) is 12.8. The Morgan fingerprint density at radius 1 is 1.64 bits per heavy atom. The SMILES string of the molecule is COCC(O)CNC1CC2CC=CC21. The first-order valence-electron chi connectivity index (χ1n) is 5.38. The molecule has 0 bridgehead atoms. The normalized spacial score (nSPS) is 36.6. The molecule has 2 rings (SSSR count). The summed E-state index contributed by atoms with van der Waals surface area (Å²) in [6, 6.07) is 0.588. The molecule has 0 aromatic carbocycles. The molecule has 3 heteroatoms. The van der Waals surface area contributed by atoms with Gasteiger partial charge in [-0.15, -0.1) is 0 Å². The highest BCUT2D eigenvalue weighted by Crippen LogP contribution is 2.42. The molecule has 3 nitrogen and oxygen atoms in total. The van der Waals surface area contributed by atoms with Crippen LogP contribution in [0.2, 0.25) is 0 Å². The summed E-state index contributed by atoms with van der Waals surface area (Å²) in [5.74, 6) is 1.61. The summed E-state index contributed by atoms with van der Waals surface area (Å²) in [6.45, 7) is 1.07. The number of aliphatic hydroxyl groups excluding tert-OH is 1. The molecule has 0 heterocycles. The minimum absolute atomic E-state index is 0.371. The highest BCUT2D eigenvalue weighted by molar-refractivity contribution is 5.12. The number of ether oxygens (including phenoxy) is 1. The average Bonchev–Trinajstić information content (AvgIpc) is 2.48. The van der Waals surface area contributed by atoms with E-state index in [2.05, 4.69) is 17.5 Å². The van der Waals surface area contributed by atoms with E-state index in [9.17, 15) is 5.11 Å². The highest BCUT2D eigenvalue weighted by Gasteiger charge is 2.40. The van der Waals surface area contributed by atoms with Gasteiger partial charge in [0.15, 0.2) is 0 Å². The number of nitrogens with one attached hydrogen (secondary N) is 1. The topological polar surface area (TPSA) is 41.5 Å². The number of fused-ring (bicyclic) bond motifs is 1. The maximum absolute atomic E-state index is 9.45. The predicted octanol–water partition coefficient (Wildman–Crippen LogP) is 0.548. The molecule has 0 amide bonds. The van der Waals surface area contributed by atoms with E-state index in [0.29, 0.717) is 19.2 Å². The molecule has 0 aliphatic heterocycles. The van der Waals surface area contributed by atoms with Crippen LogP contribution in [0.5, 0.6) is 0 Å². The second-order valence-electron chi connectivity index (χ2n) is 4.36. The smallest absolute Gasteiger partial charge is 0.0897 e. The number of hydrogen-bond acceptors (Lipinski definition) is 3. The van der Waals surface area contributed by atoms with Crippen LogP contribution in [-0.4, -0.2) is 37.5 Å². The maximum Gasteiger partial charge on any atom is 0.0897 e. The van der Waals surface area contributed by atoms with Crippen molar-refractivity contribution in [2.24, 2.45) is 11.8 Å². The molecule has 0 spiro atoms. The zero-order valence-electron chi connectivity index (χ0n) is 8.65. The summed E-state index contributed by atoms with van der Waals surface area (Å²) in [7, 11) is 1.61. The number of methoxy groups -OCH3 is 1. The van der Waals surface area contributed by atoms with Crippen molar-refractivity contribution in [3.05, 3.63) is 12.2 Å². The van der Waals surface area contributed by atoms with Gasteiger partial charge in [-0.25, -0.2) is 0 Å². The third kappa shape index (κ3) is 2.00. The van der Waals surface area contributed by atoms with E-state index in [1.807, 2.05) is 0 Å². The van der Waals surface area contributed by atoms with Crippen molar-refractivity contribution < 1.29 is 9.84 Å². The van der Waals surface area contributed by atoms with Gasteiger partial charge in [0, 0.05) is 19.7 Å². The standard InChI is InChI=1S/C11H19NO2/c1-14-7-9(13)6-12-11-5-8-3-2-4-10(8)11/h2,4,8-13H,3,5-7H2,1H3. The fraction of sp³-hybridized carbons (Fsp3) is 0.818. The fourth-order valence-electron chi connectivity index (χ4n) is 2.49. The van der Waals surface area contributed by atoms with Crippen LogP contribution in [-0.2, 0) is 4.74 Å². The molecule has 2 aliphatic carbocycles. The van der Waals surface area contributed by atoms with Crippen LogP contribution in [0.4, 0.5) is 0 Å². The summed E-state index contributed by atoms with van der Waals surface area (Å²) in [4.78, 5) is 0. The second kappa shape index (κ2) is 4.43. The lowest BCUT2D eigenvalue weighted by Crippen LogP contribution is -2.50. The molecule has 0 radical (unpaired) electrons. The second-order valence-corrected chi connectivity index (χ2v) is 4.36. The van der Waals surface area contributed by atoms with Crippen LogP contribution in [0.15, 0.2) is 12.2 Å². The number of allylic oxidation sites excluding steroid dienone is 1. The molecule has 80 valence electrons. The molecular formula is C11H19NO2. The molecule has 4 atom stereocenters. The Hall–Kier alpha value is -0.380. The molecule has 0 saturated heterocycles. The first-order valence-corrected chi connectivity index (χ1v) is 5.38. The van der Waals surface area contributed by atoms with Gasteiger partial charge in [0.05, 0.1) is 12.7 Å². The Kier molecular flexibility index (Phi) is 3.21. The lowest BCUT2D eigenvalue weighted by molar-refractivity contribution is 0.0535. The quantitative estimate of drug-likeness (QED) is 0.632. The molecule has 2 aliphatic rings. The van der Waals surface area contributed by atoms with Crippen molar-refractivity contribution in [1.29, 1.82) is 0 Å². The molecule has 1 saturated carbocycles. The molecule has 0 aromatic heterocycles. The Morgan fingerprint density at radius 3 is 3.21 bits per heavy atom. The van der Waals surface area contributed by atoms with Crippen LogP contribution in [0.3, 0.4) is 0 Å². The van der Waals surface area contributed by atoms with E-state index < -0.39 is 0 Å².